The fourth-order valence-electron chi connectivity index (χ4n) is 0.604. The minimum atomic E-state index is -0.348. The van der Waals surface area contributed by atoms with Gasteiger partial charge in [0, 0.05) is 10.4 Å². The van der Waals surface area contributed by atoms with E-state index in [0.717, 1.165) is 0 Å². The van der Waals surface area contributed by atoms with Crippen LogP contribution in [0.15, 0.2) is 11.6 Å². The van der Waals surface area contributed by atoms with Crippen LogP contribution < -0.4 is 0 Å². The Labute approximate surface area is 67.1 Å². The van der Waals surface area contributed by atoms with E-state index in [-0.39, 0.29) is 11.2 Å². The molecule has 58 valence electrons. The summed E-state index contributed by atoms with van der Waals surface area (Å²) in [4.78, 5) is 10.9. The molecule has 0 aromatic carbocycles. The number of allylic oxidation sites excluding steroid dienone is 1. The predicted octanol–water partition coefficient (Wildman–Crippen LogP) is 2.74. The summed E-state index contributed by atoms with van der Waals surface area (Å²) < 4.78 is 0. The zero-order valence-corrected chi connectivity index (χ0v) is 7.46. The van der Waals surface area contributed by atoms with Gasteiger partial charge < -0.3 is 0 Å². The molecule has 0 rings (SSSR count). The molecule has 0 aromatic heterocycles. The lowest BCUT2D eigenvalue weighted by atomic mass is 9.85. The smallest absolute Gasteiger partial charge is 0.135 e. The van der Waals surface area contributed by atoms with Gasteiger partial charge in [-0.1, -0.05) is 32.0 Å². The fraction of sp³-hybridized carbons (Fsp3) is 0.625. The third kappa shape index (κ3) is 3.02. The molecule has 0 amide bonds. The lowest BCUT2D eigenvalue weighted by molar-refractivity contribution is -0.124. The van der Waals surface area contributed by atoms with Crippen molar-refractivity contribution in [2.45, 2.75) is 27.2 Å². The van der Waals surface area contributed by atoms with Gasteiger partial charge in [-0.25, -0.2) is 0 Å². The Kier molecular flexibility index (Phi) is 3.10. The molecule has 0 aromatic rings. The Morgan fingerprint density at radius 2 is 2.00 bits per heavy atom. The van der Waals surface area contributed by atoms with Gasteiger partial charge in [-0.05, 0) is 13.3 Å². The van der Waals surface area contributed by atoms with Crippen LogP contribution in [0.3, 0.4) is 0 Å². The van der Waals surface area contributed by atoms with Crippen LogP contribution in [-0.4, -0.2) is 5.78 Å². The first-order valence-corrected chi connectivity index (χ1v) is 3.58. The van der Waals surface area contributed by atoms with Gasteiger partial charge >= 0.3 is 0 Å². The lowest BCUT2D eigenvalue weighted by Gasteiger charge is -2.19. The molecule has 0 aliphatic carbocycles. The van der Waals surface area contributed by atoms with E-state index in [1.54, 1.807) is 6.92 Å². The maximum absolute atomic E-state index is 10.9. The summed E-state index contributed by atoms with van der Waals surface area (Å²) in [6.45, 7) is 8.83. The number of Topliss-reactive ketones (excluding diaryl/α,β-unsaturated/α-hetero) is 1. The summed E-state index contributed by atoms with van der Waals surface area (Å²) in [5.41, 5.74) is -0.348. The Hall–Kier alpha value is -0.300. The number of rotatable bonds is 3. The largest absolute Gasteiger partial charge is 0.299 e. The van der Waals surface area contributed by atoms with Crippen molar-refractivity contribution < 1.29 is 4.79 Å². The second-order valence-corrected chi connectivity index (χ2v) is 3.67. The van der Waals surface area contributed by atoms with Crippen molar-refractivity contribution in [1.82, 2.24) is 0 Å². The van der Waals surface area contributed by atoms with Crippen molar-refractivity contribution in [3.8, 4) is 0 Å². The highest BCUT2D eigenvalue weighted by Crippen LogP contribution is 2.26. The van der Waals surface area contributed by atoms with Gasteiger partial charge in [-0.2, -0.15) is 0 Å². The standard InChI is InChI=1S/C8H13ClO/c1-6(9)5-8(3,4)7(2)10/h1,5H2,2-4H3. The van der Waals surface area contributed by atoms with E-state index in [1.807, 2.05) is 13.8 Å². The second-order valence-electron chi connectivity index (χ2n) is 3.13. The molecule has 2 heteroatoms. The maximum Gasteiger partial charge on any atom is 0.135 e. The molecule has 10 heavy (non-hydrogen) atoms. The van der Waals surface area contributed by atoms with E-state index in [2.05, 4.69) is 6.58 Å². The van der Waals surface area contributed by atoms with Crippen LogP contribution in [0.4, 0.5) is 0 Å². The zero-order valence-electron chi connectivity index (χ0n) is 6.70. The topological polar surface area (TPSA) is 17.1 Å². The van der Waals surface area contributed by atoms with Gasteiger partial charge in [0.2, 0.25) is 0 Å². The molecule has 0 spiro atoms. The second kappa shape index (κ2) is 3.20. The summed E-state index contributed by atoms with van der Waals surface area (Å²) in [7, 11) is 0. The minimum Gasteiger partial charge on any atom is -0.299 e. The summed E-state index contributed by atoms with van der Waals surface area (Å²) in [5.74, 6) is 0.148. The number of halogens is 1. The average molecular weight is 161 g/mol. The van der Waals surface area contributed by atoms with E-state index >= 15 is 0 Å². The van der Waals surface area contributed by atoms with Crippen LogP contribution in [0.5, 0.6) is 0 Å². The molecule has 0 bridgehead atoms. The van der Waals surface area contributed by atoms with Gasteiger partial charge in [0.25, 0.3) is 0 Å². The molecule has 0 N–H and O–H groups in total. The highest BCUT2D eigenvalue weighted by atomic mass is 35.5. The third-order valence-corrected chi connectivity index (χ3v) is 1.72. The van der Waals surface area contributed by atoms with Crippen LogP contribution >= 0.6 is 11.6 Å². The first-order chi connectivity index (χ1) is 4.36. The lowest BCUT2D eigenvalue weighted by Crippen LogP contribution is -2.20. The molecule has 0 radical (unpaired) electrons. The Bertz CT molecular complexity index is 159. The van der Waals surface area contributed by atoms with Gasteiger partial charge in [0.1, 0.15) is 5.78 Å². The average Bonchev–Trinajstić information content (AvgIpc) is 1.60. The van der Waals surface area contributed by atoms with Gasteiger partial charge in [-0.3, -0.25) is 4.79 Å². The van der Waals surface area contributed by atoms with Crippen LogP contribution in [0.2, 0.25) is 0 Å². The Morgan fingerprint density at radius 1 is 1.60 bits per heavy atom. The van der Waals surface area contributed by atoms with Crippen molar-refractivity contribution in [1.29, 1.82) is 0 Å². The van der Waals surface area contributed by atoms with Crippen molar-refractivity contribution in [2.24, 2.45) is 5.41 Å². The molecular formula is C8H13ClO. The first-order valence-electron chi connectivity index (χ1n) is 3.20. The molecule has 0 heterocycles. The van der Waals surface area contributed by atoms with Crippen molar-refractivity contribution in [3.05, 3.63) is 11.6 Å². The van der Waals surface area contributed by atoms with Gasteiger partial charge in [-0.15, -0.1) is 0 Å². The molecule has 0 atom stereocenters. The first kappa shape index (κ1) is 9.70. The normalized spacial score (nSPS) is 11.2. The Morgan fingerprint density at radius 3 is 2.10 bits per heavy atom. The fourth-order valence-corrected chi connectivity index (χ4v) is 0.938. The van der Waals surface area contributed by atoms with E-state index in [0.29, 0.717) is 11.5 Å². The molecule has 0 saturated carbocycles. The molecule has 0 aliphatic rings. The number of hydrogen-bond donors (Lipinski definition) is 0. The summed E-state index contributed by atoms with van der Waals surface area (Å²) in [5, 5.41) is 0.542. The monoisotopic (exact) mass is 160 g/mol. The number of hydrogen-bond acceptors (Lipinski definition) is 1. The molecule has 1 nitrogen and oxygen atoms in total. The SMILES string of the molecule is C=C(Cl)CC(C)(C)C(C)=O. The predicted molar refractivity (Wildman–Crippen MR) is 44.1 cm³/mol. The van der Waals surface area contributed by atoms with Gasteiger partial charge in [0.15, 0.2) is 0 Å². The number of carbonyl (C=O) groups is 1. The molecule has 0 fully saturated rings. The zero-order chi connectivity index (χ0) is 8.36. The van der Waals surface area contributed by atoms with Gasteiger partial charge in [0.05, 0.1) is 0 Å². The highest BCUT2D eigenvalue weighted by Gasteiger charge is 2.23. The quantitative estimate of drug-likeness (QED) is 0.621. The van der Waals surface area contributed by atoms with Crippen molar-refractivity contribution in [3.63, 3.8) is 0 Å². The molecule has 0 unspecified atom stereocenters. The summed E-state index contributed by atoms with van der Waals surface area (Å²) in [6, 6.07) is 0. The number of carbonyl (C=O) groups excluding carboxylic acids is 1. The van der Waals surface area contributed by atoms with Crippen LogP contribution in [0.25, 0.3) is 0 Å². The summed E-state index contributed by atoms with van der Waals surface area (Å²) in [6.07, 6.45) is 0.559. The van der Waals surface area contributed by atoms with Crippen molar-refractivity contribution >= 4 is 17.4 Å². The minimum absolute atomic E-state index is 0.148. The third-order valence-electron chi connectivity index (χ3n) is 1.59. The molecule has 0 saturated heterocycles. The van der Waals surface area contributed by atoms with E-state index in [1.165, 1.54) is 0 Å². The van der Waals surface area contributed by atoms with E-state index in [9.17, 15) is 4.79 Å². The van der Waals surface area contributed by atoms with E-state index in [4.69, 9.17) is 11.6 Å². The maximum atomic E-state index is 10.9. The van der Waals surface area contributed by atoms with Crippen LogP contribution in [0, 0.1) is 5.41 Å². The molecule has 0 aliphatic heterocycles. The number of ketones is 1. The van der Waals surface area contributed by atoms with Crippen molar-refractivity contribution in [2.75, 3.05) is 0 Å². The van der Waals surface area contributed by atoms with E-state index < -0.39 is 0 Å². The van der Waals surface area contributed by atoms with Crippen LogP contribution in [0.1, 0.15) is 27.2 Å². The highest BCUT2D eigenvalue weighted by molar-refractivity contribution is 6.29. The van der Waals surface area contributed by atoms with Crippen LogP contribution in [-0.2, 0) is 4.79 Å². The summed E-state index contributed by atoms with van der Waals surface area (Å²) >= 11 is 5.56. The molecular weight excluding hydrogens is 148 g/mol. The Balaban J connectivity index is 4.13.